The van der Waals surface area contributed by atoms with Crippen LogP contribution in [0.1, 0.15) is 32.3 Å². The first-order chi connectivity index (χ1) is 9.85. The molecule has 1 unspecified atom stereocenters. The summed E-state index contributed by atoms with van der Waals surface area (Å²) < 4.78 is 29.1. The summed E-state index contributed by atoms with van der Waals surface area (Å²) in [4.78, 5) is 12.0. The molecule has 7 heteroatoms. The van der Waals surface area contributed by atoms with Crippen molar-refractivity contribution in [1.82, 2.24) is 5.32 Å². The fourth-order valence-corrected chi connectivity index (χ4v) is 1.92. The van der Waals surface area contributed by atoms with Crippen molar-refractivity contribution in [3.05, 3.63) is 29.8 Å². The Labute approximate surface area is 135 Å². The molecule has 3 N–H and O–H groups in total. The molecule has 1 rings (SSSR count). The van der Waals surface area contributed by atoms with E-state index in [1.165, 1.54) is 0 Å². The van der Waals surface area contributed by atoms with Crippen molar-refractivity contribution >= 4 is 18.3 Å². The zero-order valence-electron chi connectivity index (χ0n) is 12.8. The average Bonchev–Trinajstić information content (AvgIpc) is 2.43. The lowest BCUT2D eigenvalue weighted by molar-refractivity contribution is -0.126. The van der Waals surface area contributed by atoms with Gasteiger partial charge < -0.3 is 15.8 Å². The highest BCUT2D eigenvalue weighted by atomic mass is 35.5. The van der Waals surface area contributed by atoms with Crippen LogP contribution in [0.2, 0.25) is 0 Å². The maximum atomic E-state index is 12.1. The fraction of sp³-hybridized carbons (Fsp3) is 0.533. The molecule has 0 saturated carbocycles. The van der Waals surface area contributed by atoms with Gasteiger partial charge in [0.2, 0.25) is 5.91 Å². The van der Waals surface area contributed by atoms with E-state index in [1.54, 1.807) is 31.2 Å². The Morgan fingerprint density at radius 2 is 2.14 bits per heavy atom. The predicted molar refractivity (Wildman–Crippen MR) is 84.5 cm³/mol. The molecule has 0 radical (unpaired) electrons. The van der Waals surface area contributed by atoms with E-state index in [0.29, 0.717) is 12.2 Å². The lowest BCUT2D eigenvalue weighted by Crippen LogP contribution is -2.51. The maximum Gasteiger partial charge on any atom is 0.272 e. The van der Waals surface area contributed by atoms with Crippen molar-refractivity contribution in [2.75, 3.05) is 6.61 Å². The number of carbonyl (C=O) groups is 1. The van der Waals surface area contributed by atoms with Crippen LogP contribution in [0.5, 0.6) is 5.75 Å². The van der Waals surface area contributed by atoms with Crippen LogP contribution in [-0.2, 0) is 11.3 Å². The number of nitrogens with two attached hydrogens (primary N) is 1. The highest BCUT2D eigenvalue weighted by Crippen LogP contribution is 2.15. The SMILES string of the molecule is CCCC(C)(N)C(=O)NCc1cccc(OCC(F)F)c1.Cl. The molecule has 0 heterocycles. The number of rotatable bonds is 8. The second-order valence-electron chi connectivity index (χ2n) is 5.20. The minimum atomic E-state index is -2.51. The normalized spacial score (nSPS) is 13.2. The summed E-state index contributed by atoms with van der Waals surface area (Å²) in [6.07, 6.45) is -1.10. The third kappa shape index (κ3) is 7.04. The molecule has 0 aliphatic heterocycles. The molecule has 4 nitrogen and oxygen atoms in total. The summed E-state index contributed by atoms with van der Waals surface area (Å²) in [5, 5.41) is 2.75. The number of nitrogens with one attached hydrogen (secondary N) is 1. The maximum absolute atomic E-state index is 12.1. The number of carbonyl (C=O) groups excluding carboxylic acids is 1. The molecule has 1 atom stereocenters. The number of amides is 1. The molecule has 126 valence electrons. The summed E-state index contributed by atoms with van der Waals surface area (Å²) in [5.74, 6) is 0.120. The molecule has 0 fully saturated rings. The second kappa shape index (κ2) is 9.58. The van der Waals surface area contributed by atoms with Crippen LogP contribution in [0.4, 0.5) is 8.78 Å². The molecule has 0 bridgehead atoms. The summed E-state index contributed by atoms with van der Waals surface area (Å²) in [6, 6.07) is 6.69. The van der Waals surface area contributed by atoms with E-state index in [1.807, 2.05) is 6.92 Å². The largest absolute Gasteiger partial charge is 0.488 e. The van der Waals surface area contributed by atoms with Gasteiger partial charge in [0.05, 0.1) is 5.54 Å². The molecule has 0 aliphatic carbocycles. The highest BCUT2D eigenvalue weighted by molar-refractivity contribution is 5.85. The van der Waals surface area contributed by atoms with Gasteiger partial charge in [-0.1, -0.05) is 25.5 Å². The molecule has 1 amide bonds. The third-order valence-electron chi connectivity index (χ3n) is 3.02. The lowest BCUT2D eigenvalue weighted by atomic mass is 9.96. The zero-order chi connectivity index (χ0) is 15.9. The van der Waals surface area contributed by atoms with E-state index in [0.717, 1.165) is 12.0 Å². The van der Waals surface area contributed by atoms with Crippen molar-refractivity contribution < 1.29 is 18.3 Å². The molecule has 0 aliphatic rings. The van der Waals surface area contributed by atoms with Crippen LogP contribution in [0.25, 0.3) is 0 Å². The molecule has 1 aromatic carbocycles. The summed E-state index contributed by atoms with van der Waals surface area (Å²) >= 11 is 0. The van der Waals surface area contributed by atoms with Crippen molar-refractivity contribution in [2.45, 2.75) is 45.2 Å². The Morgan fingerprint density at radius 3 is 2.73 bits per heavy atom. The van der Waals surface area contributed by atoms with Gasteiger partial charge in [-0.3, -0.25) is 4.79 Å². The van der Waals surface area contributed by atoms with E-state index in [-0.39, 0.29) is 24.9 Å². The van der Waals surface area contributed by atoms with Gasteiger partial charge in [-0.25, -0.2) is 8.78 Å². The Hall–Kier alpha value is -1.40. The van der Waals surface area contributed by atoms with Crippen LogP contribution in [0.15, 0.2) is 24.3 Å². The van der Waals surface area contributed by atoms with Gasteiger partial charge in [-0.05, 0) is 31.0 Å². The average molecular weight is 337 g/mol. The van der Waals surface area contributed by atoms with E-state index < -0.39 is 18.6 Å². The smallest absolute Gasteiger partial charge is 0.272 e. The van der Waals surface area contributed by atoms with Gasteiger partial charge >= 0.3 is 0 Å². The second-order valence-corrected chi connectivity index (χ2v) is 5.20. The van der Waals surface area contributed by atoms with Gasteiger partial charge in [-0.2, -0.15) is 0 Å². The lowest BCUT2D eigenvalue weighted by Gasteiger charge is -2.22. The number of hydrogen-bond donors (Lipinski definition) is 2. The molecule has 0 aromatic heterocycles. The Kier molecular flexibility index (Phi) is 8.97. The Morgan fingerprint density at radius 1 is 1.45 bits per heavy atom. The number of hydrogen-bond acceptors (Lipinski definition) is 3. The molecule has 0 spiro atoms. The monoisotopic (exact) mass is 336 g/mol. The van der Waals surface area contributed by atoms with Gasteiger partial charge in [0.1, 0.15) is 12.4 Å². The molecular weight excluding hydrogens is 314 g/mol. The van der Waals surface area contributed by atoms with Gasteiger partial charge in [0.25, 0.3) is 6.43 Å². The van der Waals surface area contributed by atoms with E-state index >= 15 is 0 Å². The fourth-order valence-electron chi connectivity index (χ4n) is 1.92. The first kappa shape index (κ1) is 20.6. The van der Waals surface area contributed by atoms with Crippen LogP contribution in [-0.4, -0.2) is 24.5 Å². The summed E-state index contributed by atoms with van der Waals surface area (Å²) in [6.45, 7) is 3.28. The van der Waals surface area contributed by atoms with E-state index in [4.69, 9.17) is 10.5 Å². The Balaban J connectivity index is 0.00000441. The van der Waals surface area contributed by atoms with Crippen molar-refractivity contribution in [1.29, 1.82) is 0 Å². The zero-order valence-corrected chi connectivity index (χ0v) is 13.6. The van der Waals surface area contributed by atoms with Gasteiger partial charge in [-0.15, -0.1) is 12.4 Å². The van der Waals surface area contributed by atoms with Crippen LogP contribution < -0.4 is 15.8 Å². The number of benzene rings is 1. The van der Waals surface area contributed by atoms with Gasteiger partial charge in [0.15, 0.2) is 0 Å². The van der Waals surface area contributed by atoms with E-state index in [9.17, 15) is 13.6 Å². The van der Waals surface area contributed by atoms with E-state index in [2.05, 4.69) is 5.32 Å². The predicted octanol–water partition coefficient (Wildman–Crippen LogP) is 2.89. The number of alkyl halides is 2. The third-order valence-corrected chi connectivity index (χ3v) is 3.02. The van der Waals surface area contributed by atoms with Crippen LogP contribution >= 0.6 is 12.4 Å². The molecule has 22 heavy (non-hydrogen) atoms. The molecular formula is C15H23ClF2N2O2. The standard InChI is InChI=1S/C15H22F2N2O2.ClH/c1-3-7-15(2,18)14(20)19-9-11-5-4-6-12(8-11)21-10-13(16)17;/h4-6,8,13H,3,7,9-10,18H2,1-2H3,(H,19,20);1H. The first-order valence-corrected chi connectivity index (χ1v) is 6.92. The minimum Gasteiger partial charge on any atom is -0.488 e. The van der Waals surface area contributed by atoms with Gasteiger partial charge in [0, 0.05) is 6.54 Å². The van der Waals surface area contributed by atoms with Crippen molar-refractivity contribution in [2.24, 2.45) is 5.73 Å². The number of halogens is 3. The van der Waals surface area contributed by atoms with Crippen molar-refractivity contribution in [3.8, 4) is 5.75 Å². The highest BCUT2D eigenvalue weighted by Gasteiger charge is 2.26. The Bertz CT molecular complexity index is 471. The first-order valence-electron chi connectivity index (χ1n) is 6.92. The minimum absolute atomic E-state index is 0. The quantitative estimate of drug-likeness (QED) is 0.767. The van der Waals surface area contributed by atoms with Crippen LogP contribution in [0, 0.1) is 0 Å². The number of ether oxygens (including phenoxy) is 1. The molecule has 1 aromatic rings. The van der Waals surface area contributed by atoms with Crippen LogP contribution in [0.3, 0.4) is 0 Å². The summed E-state index contributed by atoms with van der Waals surface area (Å²) in [7, 11) is 0. The van der Waals surface area contributed by atoms with Crippen molar-refractivity contribution in [3.63, 3.8) is 0 Å². The topological polar surface area (TPSA) is 64.4 Å². The molecule has 0 saturated heterocycles. The summed E-state index contributed by atoms with van der Waals surface area (Å²) in [5.41, 5.74) is 5.79.